The highest BCUT2D eigenvalue weighted by molar-refractivity contribution is 5.98. The minimum atomic E-state index is -0.616. The number of carbonyl (C=O) groups is 1. The Kier molecular flexibility index (Phi) is 8.96. The molecule has 0 atom stereocenters. The van der Waals surface area contributed by atoms with Crippen LogP contribution in [-0.2, 0) is 27.1 Å². The third-order valence-electron chi connectivity index (χ3n) is 6.14. The Bertz CT molecular complexity index is 1140. The summed E-state index contributed by atoms with van der Waals surface area (Å²) in [4.78, 5) is 30.3. The monoisotopic (exact) mass is 485 g/mol. The van der Waals surface area contributed by atoms with Gasteiger partial charge < -0.3 is 28.8 Å². The van der Waals surface area contributed by atoms with Gasteiger partial charge in [-0.2, -0.15) is 0 Å². The van der Waals surface area contributed by atoms with Crippen molar-refractivity contribution in [3.63, 3.8) is 0 Å². The van der Waals surface area contributed by atoms with Crippen LogP contribution < -0.4 is 15.8 Å². The fourth-order valence-corrected chi connectivity index (χ4v) is 4.63. The first kappa shape index (κ1) is 25.0. The zero-order valence-electron chi connectivity index (χ0n) is 19.8. The number of nitrogens with one attached hydrogen (secondary N) is 1. The third kappa shape index (κ3) is 6.32. The normalized spacial score (nSPS) is 14.5. The van der Waals surface area contributed by atoms with Gasteiger partial charge in [0.25, 0.3) is 5.91 Å². The molecule has 0 saturated carbocycles. The van der Waals surface area contributed by atoms with Crippen LogP contribution in [0.15, 0.2) is 26.5 Å². The highest BCUT2D eigenvalue weighted by Crippen LogP contribution is 2.39. The number of aryl methyl sites for hydroxylation is 2. The quantitative estimate of drug-likeness (QED) is 0.151. The van der Waals surface area contributed by atoms with Gasteiger partial charge in [-0.1, -0.05) is 5.11 Å². The van der Waals surface area contributed by atoms with Gasteiger partial charge in [-0.3, -0.25) is 4.79 Å². The topological polar surface area (TPSA) is 139 Å². The summed E-state index contributed by atoms with van der Waals surface area (Å²) in [7, 11) is 0. The van der Waals surface area contributed by atoms with E-state index in [1.807, 2.05) is 0 Å². The third-order valence-corrected chi connectivity index (χ3v) is 6.14. The van der Waals surface area contributed by atoms with Crippen molar-refractivity contribution in [1.29, 1.82) is 0 Å². The molecule has 35 heavy (non-hydrogen) atoms. The zero-order valence-corrected chi connectivity index (χ0v) is 19.8. The largest absolute Gasteiger partial charge is 0.422 e. The number of amides is 1. The predicted molar refractivity (Wildman–Crippen MR) is 130 cm³/mol. The van der Waals surface area contributed by atoms with Crippen molar-refractivity contribution >= 4 is 22.6 Å². The van der Waals surface area contributed by atoms with Crippen LogP contribution in [-0.4, -0.2) is 71.7 Å². The molecule has 1 aromatic heterocycles. The maximum absolute atomic E-state index is 12.6. The Labute approximate surface area is 202 Å². The van der Waals surface area contributed by atoms with Crippen molar-refractivity contribution in [3.05, 3.63) is 49.7 Å². The predicted octanol–water partition coefficient (Wildman–Crippen LogP) is 2.58. The average molecular weight is 486 g/mol. The Morgan fingerprint density at radius 2 is 1.77 bits per heavy atom. The first-order chi connectivity index (χ1) is 17.2. The Hall–Kier alpha value is -3.11. The Balaban J connectivity index is 1.22. The lowest BCUT2D eigenvalue weighted by Gasteiger charge is -2.37. The lowest BCUT2D eigenvalue weighted by Crippen LogP contribution is -2.35. The van der Waals surface area contributed by atoms with Crippen molar-refractivity contribution in [3.8, 4) is 0 Å². The molecule has 0 fully saturated rings. The van der Waals surface area contributed by atoms with E-state index in [0.717, 1.165) is 49.7 Å². The van der Waals surface area contributed by atoms with Gasteiger partial charge in [-0.25, -0.2) is 4.79 Å². The Morgan fingerprint density at radius 1 is 1.06 bits per heavy atom. The van der Waals surface area contributed by atoms with Crippen molar-refractivity contribution in [2.45, 2.75) is 25.7 Å². The van der Waals surface area contributed by atoms with Crippen LogP contribution in [0, 0.1) is 0 Å². The molecule has 4 rings (SSSR count). The van der Waals surface area contributed by atoms with Gasteiger partial charge in [-0.05, 0) is 48.9 Å². The number of hydrogen-bond acceptors (Lipinski definition) is 8. The summed E-state index contributed by atoms with van der Waals surface area (Å²) in [5.74, 6) is -0.466. The molecule has 0 radical (unpaired) electrons. The number of hydrogen-bond donors (Lipinski definition) is 1. The maximum atomic E-state index is 12.6. The second kappa shape index (κ2) is 12.6. The minimum Gasteiger partial charge on any atom is -0.422 e. The van der Waals surface area contributed by atoms with E-state index in [4.69, 9.17) is 24.2 Å². The summed E-state index contributed by atoms with van der Waals surface area (Å²) in [6.07, 6.45) is 4.03. The number of rotatable bonds is 13. The number of carbonyl (C=O) groups excluding carboxylic acids is 1. The van der Waals surface area contributed by atoms with E-state index in [9.17, 15) is 9.59 Å². The number of fused-ring (bicyclic) bond motifs is 2. The Morgan fingerprint density at radius 3 is 2.54 bits per heavy atom. The summed E-state index contributed by atoms with van der Waals surface area (Å²) in [6, 6.07) is 3.73. The van der Waals surface area contributed by atoms with Crippen molar-refractivity contribution in [2.75, 3.05) is 70.7 Å². The van der Waals surface area contributed by atoms with Crippen LogP contribution in [0.2, 0.25) is 0 Å². The van der Waals surface area contributed by atoms with Crippen LogP contribution in [0.1, 0.15) is 34.3 Å². The molecule has 0 unspecified atom stereocenters. The molecule has 0 aliphatic carbocycles. The van der Waals surface area contributed by atoms with Gasteiger partial charge in [0.2, 0.25) is 0 Å². The molecule has 188 valence electrons. The molecule has 2 aromatic rings. The van der Waals surface area contributed by atoms with Gasteiger partial charge >= 0.3 is 5.63 Å². The highest BCUT2D eigenvalue weighted by atomic mass is 16.5. The molecule has 1 N–H and O–H groups in total. The molecule has 3 heterocycles. The van der Waals surface area contributed by atoms with E-state index >= 15 is 0 Å². The molecule has 11 heteroatoms. The summed E-state index contributed by atoms with van der Waals surface area (Å²) in [5, 5.41) is 6.89. The summed E-state index contributed by atoms with van der Waals surface area (Å²) >= 11 is 0. The van der Waals surface area contributed by atoms with Gasteiger partial charge in [0.15, 0.2) is 0 Å². The van der Waals surface area contributed by atoms with Crippen molar-refractivity contribution in [2.24, 2.45) is 5.11 Å². The lowest BCUT2D eigenvalue weighted by atomic mass is 9.90. The minimum absolute atomic E-state index is 0.0110. The molecule has 2 aliphatic heterocycles. The first-order valence-electron chi connectivity index (χ1n) is 12.1. The van der Waals surface area contributed by atoms with Crippen LogP contribution in [0.4, 0.5) is 5.69 Å². The molecular formula is C24H31N5O6. The van der Waals surface area contributed by atoms with Gasteiger partial charge in [0.05, 0.1) is 39.6 Å². The molecule has 1 amide bonds. The van der Waals surface area contributed by atoms with E-state index in [-0.39, 0.29) is 12.1 Å². The van der Waals surface area contributed by atoms with E-state index in [1.165, 1.54) is 11.3 Å². The first-order valence-corrected chi connectivity index (χ1v) is 12.1. The fourth-order valence-electron chi connectivity index (χ4n) is 4.63. The number of nitrogens with zero attached hydrogens (tertiary/aromatic N) is 4. The molecule has 11 nitrogen and oxygen atoms in total. The molecule has 0 saturated heterocycles. The highest BCUT2D eigenvalue weighted by Gasteiger charge is 2.27. The van der Waals surface area contributed by atoms with E-state index < -0.39 is 11.5 Å². The second-order valence-electron chi connectivity index (χ2n) is 8.47. The van der Waals surface area contributed by atoms with Crippen LogP contribution in [0.25, 0.3) is 21.4 Å². The van der Waals surface area contributed by atoms with E-state index in [1.54, 1.807) is 6.07 Å². The maximum Gasteiger partial charge on any atom is 0.349 e. The molecular weight excluding hydrogens is 454 g/mol. The fraction of sp³-hybridized carbons (Fsp3) is 0.583. The van der Waals surface area contributed by atoms with Crippen molar-refractivity contribution < 1.29 is 23.4 Å². The molecule has 1 aromatic carbocycles. The summed E-state index contributed by atoms with van der Waals surface area (Å²) in [6.45, 7) is 4.90. The smallest absolute Gasteiger partial charge is 0.349 e. The average Bonchev–Trinajstić information content (AvgIpc) is 2.87. The standard InChI is InChI=1S/C24H31N5O6/c25-28-27-6-10-33-12-14-34-13-11-32-9-5-26-23(30)20-16-18-15-17-3-1-7-29-8-2-4-19(21(17)29)22(18)35-24(20)31/h15-16H,1-14H2,(H,26,30). The van der Waals surface area contributed by atoms with Crippen LogP contribution in [0.5, 0.6) is 0 Å². The van der Waals surface area contributed by atoms with Crippen molar-refractivity contribution in [1.82, 2.24) is 5.32 Å². The molecule has 0 bridgehead atoms. The number of benzene rings is 1. The van der Waals surface area contributed by atoms with Gasteiger partial charge in [0, 0.05) is 47.7 Å². The van der Waals surface area contributed by atoms with E-state index in [0.29, 0.717) is 51.8 Å². The summed E-state index contributed by atoms with van der Waals surface area (Å²) in [5.41, 5.74) is 11.8. The zero-order chi connectivity index (χ0) is 24.5. The SMILES string of the molecule is [N-]=[N+]=NCCOCCOCCOCCNC(=O)c1cc2cc3c4c(c2oc1=O)CCCN4CCC3. The van der Waals surface area contributed by atoms with E-state index in [2.05, 4.69) is 26.3 Å². The number of azide groups is 1. The number of anilines is 1. The molecule has 2 aliphatic rings. The second-order valence-corrected chi connectivity index (χ2v) is 8.47. The van der Waals surface area contributed by atoms with Gasteiger partial charge in [-0.15, -0.1) is 0 Å². The van der Waals surface area contributed by atoms with Crippen LogP contribution in [0.3, 0.4) is 0 Å². The van der Waals surface area contributed by atoms with Gasteiger partial charge in [0.1, 0.15) is 11.1 Å². The number of ether oxygens (including phenoxy) is 3. The summed E-state index contributed by atoms with van der Waals surface area (Å²) < 4.78 is 21.7. The molecule has 0 spiro atoms. The lowest BCUT2D eigenvalue weighted by molar-refractivity contribution is 0.0166. The van der Waals surface area contributed by atoms with Crippen LogP contribution >= 0.6 is 0 Å².